The van der Waals surface area contributed by atoms with E-state index in [4.69, 9.17) is 0 Å². The first kappa shape index (κ1) is 14.8. The van der Waals surface area contributed by atoms with Gasteiger partial charge in [0, 0.05) is 18.4 Å². The summed E-state index contributed by atoms with van der Waals surface area (Å²) in [5, 5.41) is 11.5. The van der Waals surface area contributed by atoms with Crippen LogP contribution >= 0.6 is 0 Å². The van der Waals surface area contributed by atoms with Crippen molar-refractivity contribution in [3.63, 3.8) is 0 Å². The Balaban J connectivity index is 1.70. The molecule has 3 heterocycles. The first-order valence-electron chi connectivity index (χ1n) is 8.01. The number of nitrogens with one attached hydrogen (secondary N) is 1. The fourth-order valence-electron chi connectivity index (χ4n) is 3.09. The standard InChI is InChI=1S/C16H23N5O/c1-3-5-13-8-15(19-18-13)16(22)21-7-4-6-14(21)11-20-10-12(2)9-17-20/h8-10,14H,3-7,11H2,1-2H3,(H,18,19)/t14-/m0/s1. The van der Waals surface area contributed by atoms with E-state index >= 15 is 0 Å². The van der Waals surface area contributed by atoms with Crippen LogP contribution in [0.15, 0.2) is 18.5 Å². The molecule has 2 aromatic rings. The van der Waals surface area contributed by atoms with Crippen LogP contribution in [0.3, 0.4) is 0 Å². The van der Waals surface area contributed by atoms with Gasteiger partial charge in [-0.15, -0.1) is 0 Å². The minimum Gasteiger partial charge on any atom is -0.332 e. The number of amides is 1. The lowest BCUT2D eigenvalue weighted by atomic mass is 10.2. The SMILES string of the molecule is CCCc1cc(C(=O)N2CCC[C@H]2Cn2cc(C)cn2)n[nH]1. The summed E-state index contributed by atoms with van der Waals surface area (Å²) in [6.07, 6.45) is 7.91. The van der Waals surface area contributed by atoms with Crippen LogP contribution in [0, 0.1) is 6.92 Å². The van der Waals surface area contributed by atoms with Crippen molar-refractivity contribution in [2.24, 2.45) is 0 Å². The van der Waals surface area contributed by atoms with Gasteiger partial charge in [0.05, 0.1) is 18.8 Å². The maximum atomic E-state index is 12.7. The number of carbonyl (C=O) groups excluding carboxylic acids is 1. The van der Waals surface area contributed by atoms with Crippen LogP contribution in [-0.4, -0.2) is 43.4 Å². The van der Waals surface area contributed by atoms with Gasteiger partial charge in [-0.2, -0.15) is 10.2 Å². The van der Waals surface area contributed by atoms with Gasteiger partial charge in [-0.05, 0) is 37.8 Å². The molecule has 0 spiro atoms. The first-order valence-corrected chi connectivity index (χ1v) is 8.01. The molecule has 1 amide bonds. The highest BCUT2D eigenvalue weighted by molar-refractivity contribution is 5.92. The topological polar surface area (TPSA) is 66.8 Å². The molecule has 22 heavy (non-hydrogen) atoms. The van der Waals surface area contributed by atoms with Crippen LogP contribution in [0.2, 0.25) is 0 Å². The number of nitrogens with zero attached hydrogens (tertiary/aromatic N) is 4. The van der Waals surface area contributed by atoms with Gasteiger partial charge in [-0.25, -0.2) is 0 Å². The minimum absolute atomic E-state index is 0.0324. The molecule has 0 saturated carbocycles. The predicted molar refractivity (Wildman–Crippen MR) is 83.6 cm³/mol. The van der Waals surface area contributed by atoms with Crippen molar-refractivity contribution in [3.8, 4) is 0 Å². The van der Waals surface area contributed by atoms with Crippen molar-refractivity contribution >= 4 is 5.91 Å². The molecule has 118 valence electrons. The van der Waals surface area contributed by atoms with Crippen LogP contribution in [-0.2, 0) is 13.0 Å². The maximum Gasteiger partial charge on any atom is 0.274 e. The van der Waals surface area contributed by atoms with Crippen LogP contribution < -0.4 is 0 Å². The van der Waals surface area contributed by atoms with Crippen LogP contribution in [0.5, 0.6) is 0 Å². The van der Waals surface area contributed by atoms with E-state index in [0.717, 1.165) is 50.0 Å². The summed E-state index contributed by atoms with van der Waals surface area (Å²) >= 11 is 0. The Bertz CT molecular complexity index is 645. The second-order valence-corrected chi connectivity index (χ2v) is 6.06. The van der Waals surface area contributed by atoms with E-state index in [2.05, 4.69) is 22.2 Å². The monoisotopic (exact) mass is 301 g/mol. The number of H-pyrrole nitrogens is 1. The third kappa shape index (κ3) is 3.05. The van der Waals surface area contributed by atoms with Gasteiger partial charge in [-0.3, -0.25) is 14.6 Å². The molecule has 0 bridgehead atoms. The van der Waals surface area contributed by atoms with Gasteiger partial charge in [0.1, 0.15) is 5.69 Å². The molecule has 1 N–H and O–H groups in total. The molecule has 1 aliphatic rings. The Morgan fingerprint density at radius 1 is 1.50 bits per heavy atom. The summed E-state index contributed by atoms with van der Waals surface area (Å²) < 4.78 is 1.93. The van der Waals surface area contributed by atoms with Gasteiger partial charge in [0.2, 0.25) is 0 Å². The molecule has 6 heteroatoms. The minimum atomic E-state index is 0.0324. The molecule has 6 nitrogen and oxygen atoms in total. The van der Waals surface area contributed by atoms with Gasteiger partial charge in [0.15, 0.2) is 0 Å². The van der Waals surface area contributed by atoms with Gasteiger partial charge < -0.3 is 4.90 Å². The third-order valence-corrected chi connectivity index (χ3v) is 4.17. The molecular weight excluding hydrogens is 278 g/mol. The number of aryl methyl sites for hydroxylation is 2. The lowest BCUT2D eigenvalue weighted by Gasteiger charge is -2.23. The third-order valence-electron chi connectivity index (χ3n) is 4.17. The van der Waals surface area contributed by atoms with Crippen molar-refractivity contribution in [2.45, 2.75) is 52.1 Å². The number of rotatable bonds is 5. The highest BCUT2D eigenvalue weighted by Crippen LogP contribution is 2.21. The Kier molecular flexibility index (Phi) is 4.27. The van der Waals surface area contributed by atoms with Crippen molar-refractivity contribution in [1.29, 1.82) is 0 Å². The second kappa shape index (κ2) is 6.34. The predicted octanol–water partition coefficient (Wildman–Crippen LogP) is 2.17. The van der Waals surface area contributed by atoms with E-state index in [1.807, 2.05) is 35.0 Å². The molecule has 1 fully saturated rings. The molecule has 0 aliphatic carbocycles. The van der Waals surface area contributed by atoms with Crippen molar-refractivity contribution in [1.82, 2.24) is 24.9 Å². The quantitative estimate of drug-likeness (QED) is 0.920. The van der Waals surface area contributed by atoms with Gasteiger partial charge in [-0.1, -0.05) is 13.3 Å². The average Bonchev–Trinajstić information content (AvgIpc) is 3.21. The largest absolute Gasteiger partial charge is 0.332 e. The first-order chi connectivity index (χ1) is 10.7. The number of aromatic nitrogens is 4. The summed E-state index contributed by atoms with van der Waals surface area (Å²) in [5.74, 6) is 0.0324. The zero-order valence-electron chi connectivity index (χ0n) is 13.2. The molecule has 1 aliphatic heterocycles. The molecule has 1 atom stereocenters. The smallest absolute Gasteiger partial charge is 0.274 e. The maximum absolute atomic E-state index is 12.7. The van der Waals surface area contributed by atoms with Crippen molar-refractivity contribution < 1.29 is 4.79 Å². The molecule has 0 aromatic carbocycles. The Hall–Kier alpha value is -2.11. The molecular formula is C16H23N5O. The van der Waals surface area contributed by atoms with Gasteiger partial charge >= 0.3 is 0 Å². The van der Waals surface area contributed by atoms with Crippen LogP contribution in [0.1, 0.15) is 47.9 Å². The highest BCUT2D eigenvalue weighted by atomic mass is 16.2. The number of aromatic amines is 1. The van der Waals surface area contributed by atoms with E-state index in [9.17, 15) is 4.79 Å². The lowest BCUT2D eigenvalue weighted by molar-refractivity contribution is 0.0715. The highest BCUT2D eigenvalue weighted by Gasteiger charge is 2.31. The fourth-order valence-corrected chi connectivity index (χ4v) is 3.09. The Morgan fingerprint density at radius 3 is 3.09 bits per heavy atom. The molecule has 1 saturated heterocycles. The number of carbonyl (C=O) groups is 1. The Morgan fingerprint density at radius 2 is 2.36 bits per heavy atom. The number of hydrogen-bond donors (Lipinski definition) is 1. The van der Waals surface area contributed by atoms with Crippen molar-refractivity contribution in [3.05, 3.63) is 35.4 Å². The molecule has 0 unspecified atom stereocenters. The van der Waals surface area contributed by atoms with E-state index in [1.54, 1.807) is 0 Å². The molecule has 0 radical (unpaired) electrons. The second-order valence-electron chi connectivity index (χ2n) is 6.06. The Labute approximate surface area is 130 Å². The van der Waals surface area contributed by atoms with E-state index < -0.39 is 0 Å². The van der Waals surface area contributed by atoms with Crippen LogP contribution in [0.25, 0.3) is 0 Å². The number of hydrogen-bond acceptors (Lipinski definition) is 3. The molecule has 3 rings (SSSR count). The molecule has 2 aromatic heterocycles. The number of likely N-dealkylation sites (tertiary alicyclic amines) is 1. The lowest BCUT2D eigenvalue weighted by Crippen LogP contribution is -2.38. The van der Waals surface area contributed by atoms with Crippen molar-refractivity contribution in [2.75, 3.05) is 6.54 Å². The fraction of sp³-hybridized carbons (Fsp3) is 0.562. The zero-order valence-corrected chi connectivity index (χ0v) is 13.2. The summed E-state index contributed by atoms with van der Waals surface area (Å²) in [4.78, 5) is 14.6. The summed E-state index contributed by atoms with van der Waals surface area (Å²) in [6.45, 7) is 5.70. The van der Waals surface area contributed by atoms with E-state index in [0.29, 0.717) is 5.69 Å². The summed E-state index contributed by atoms with van der Waals surface area (Å²) in [5.41, 5.74) is 2.71. The zero-order chi connectivity index (χ0) is 15.5. The summed E-state index contributed by atoms with van der Waals surface area (Å²) in [6, 6.07) is 2.09. The van der Waals surface area contributed by atoms with Crippen LogP contribution in [0.4, 0.5) is 0 Å². The van der Waals surface area contributed by atoms with E-state index in [-0.39, 0.29) is 11.9 Å². The summed E-state index contributed by atoms with van der Waals surface area (Å²) in [7, 11) is 0. The normalized spacial score (nSPS) is 18.1. The van der Waals surface area contributed by atoms with E-state index in [1.165, 1.54) is 0 Å². The average molecular weight is 301 g/mol. The van der Waals surface area contributed by atoms with Gasteiger partial charge in [0.25, 0.3) is 5.91 Å².